The third kappa shape index (κ3) is 1.28. The lowest BCUT2D eigenvalue weighted by Gasteiger charge is -2.56. The molecule has 4 aliphatic rings. The van der Waals surface area contributed by atoms with Crippen LogP contribution in [0.1, 0.15) is 17.5 Å². The van der Waals surface area contributed by atoms with E-state index in [9.17, 15) is 5.11 Å². The second kappa shape index (κ2) is 4.06. The Kier molecular flexibility index (Phi) is 2.39. The van der Waals surface area contributed by atoms with Crippen molar-refractivity contribution in [2.75, 3.05) is 20.7 Å². The molecule has 116 valence electrons. The number of likely N-dealkylation sites (tertiary alicyclic amines) is 1. The van der Waals surface area contributed by atoms with Gasteiger partial charge in [-0.2, -0.15) is 0 Å². The Morgan fingerprint density at radius 3 is 3.05 bits per heavy atom. The number of methoxy groups -OCH3 is 1. The number of nitrogens with zero attached hydrogens (tertiary/aromatic N) is 1. The maximum absolute atomic E-state index is 10.6. The fraction of sp³-hybridized carbons (Fsp3) is 0.556. The Bertz CT molecular complexity index is 685. The van der Waals surface area contributed by atoms with Gasteiger partial charge in [0.2, 0.25) is 0 Å². The van der Waals surface area contributed by atoms with Crippen LogP contribution in [0.15, 0.2) is 24.3 Å². The SMILES string of the molecule is COc1ccc2c3c1OC1C(O)C=CC4[C@@H](C2)N(C)CCC314. The van der Waals surface area contributed by atoms with Crippen molar-refractivity contribution in [1.29, 1.82) is 0 Å². The summed E-state index contributed by atoms with van der Waals surface area (Å²) in [5, 5.41) is 10.6. The topological polar surface area (TPSA) is 41.9 Å². The van der Waals surface area contributed by atoms with Crippen molar-refractivity contribution < 1.29 is 14.6 Å². The summed E-state index contributed by atoms with van der Waals surface area (Å²) in [5.41, 5.74) is 2.60. The standard InChI is InChI=1S/C18H21NO3/c1-19-8-7-18-11-4-5-13(20)17(18)22-16-14(21-2)6-3-10(15(16)18)9-12(11)19/h3-6,11-13,17,20H,7-9H2,1-2H3/t11?,12-,13?,17?,18?/m1/s1. The van der Waals surface area contributed by atoms with Crippen molar-refractivity contribution in [3.05, 3.63) is 35.4 Å². The van der Waals surface area contributed by atoms with Gasteiger partial charge in [-0.25, -0.2) is 0 Å². The van der Waals surface area contributed by atoms with E-state index in [0.29, 0.717) is 12.0 Å². The summed E-state index contributed by atoms with van der Waals surface area (Å²) in [4.78, 5) is 2.47. The fourth-order valence-corrected chi connectivity index (χ4v) is 5.39. The van der Waals surface area contributed by atoms with Gasteiger partial charge in [-0.15, -0.1) is 0 Å². The fourth-order valence-electron chi connectivity index (χ4n) is 5.39. The molecule has 4 unspecified atom stereocenters. The van der Waals surface area contributed by atoms with Gasteiger partial charge >= 0.3 is 0 Å². The molecule has 1 aromatic rings. The zero-order chi connectivity index (χ0) is 15.1. The Hall–Kier alpha value is -1.52. The molecule has 1 spiro atoms. The van der Waals surface area contributed by atoms with Crippen molar-refractivity contribution in [2.24, 2.45) is 5.92 Å². The molecule has 0 radical (unpaired) electrons. The molecule has 2 aliphatic carbocycles. The van der Waals surface area contributed by atoms with Gasteiger partial charge in [0, 0.05) is 22.9 Å². The van der Waals surface area contributed by atoms with Gasteiger partial charge in [-0.05, 0) is 38.1 Å². The maximum atomic E-state index is 10.6. The number of ether oxygens (including phenoxy) is 2. The zero-order valence-electron chi connectivity index (χ0n) is 13.0. The van der Waals surface area contributed by atoms with Gasteiger partial charge in [0.1, 0.15) is 12.2 Å². The van der Waals surface area contributed by atoms with Crippen molar-refractivity contribution in [3.8, 4) is 11.5 Å². The number of rotatable bonds is 1. The second-order valence-corrected chi connectivity index (χ2v) is 7.11. The van der Waals surface area contributed by atoms with Crippen LogP contribution in [0.5, 0.6) is 11.5 Å². The van der Waals surface area contributed by atoms with E-state index < -0.39 is 6.10 Å². The highest BCUT2D eigenvalue weighted by Crippen LogP contribution is 2.62. The average Bonchev–Trinajstić information content (AvgIpc) is 2.88. The Morgan fingerprint density at radius 2 is 2.23 bits per heavy atom. The monoisotopic (exact) mass is 299 g/mol. The summed E-state index contributed by atoms with van der Waals surface area (Å²) in [5.74, 6) is 2.09. The lowest BCUT2D eigenvalue weighted by atomic mass is 9.53. The Labute approximate surface area is 130 Å². The van der Waals surface area contributed by atoms with E-state index in [-0.39, 0.29) is 11.5 Å². The predicted octanol–water partition coefficient (Wildman–Crippen LogP) is 1.50. The molecule has 2 aliphatic heterocycles. The van der Waals surface area contributed by atoms with E-state index in [2.05, 4.69) is 24.1 Å². The molecule has 0 aromatic heterocycles. The number of piperidine rings is 1. The Morgan fingerprint density at radius 1 is 1.36 bits per heavy atom. The molecule has 0 amide bonds. The van der Waals surface area contributed by atoms with Crippen molar-refractivity contribution in [2.45, 2.75) is 36.5 Å². The van der Waals surface area contributed by atoms with E-state index in [0.717, 1.165) is 30.9 Å². The molecule has 0 saturated carbocycles. The number of likely N-dealkylation sites (N-methyl/N-ethyl adjacent to an activating group) is 1. The molecule has 1 saturated heterocycles. The lowest BCUT2D eigenvalue weighted by Crippen LogP contribution is -2.64. The average molecular weight is 299 g/mol. The van der Waals surface area contributed by atoms with Crippen molar-refractivity contribution >= 4 is 0 Å². The quantitative estimate of drug-likeness (QED) is 0.798. The third-order valence-electron chi connectivity index (χ3n) is 6.35. The van der Waals surface area contributed by atoms with Crippen LogP contribution in [0.25, 0.3) is 0 Å². The summed E-state index contributed by atoms with van der Waals surface area (Å²) >= 11 is 0. The summed E-state index contributed by atoms with van der Waals surface area (Å²) in [6, 6.07) is 4.70. The van der Waals surface area contributed by atoms with Crippen LogP contribution in [-0.4, -0.2) is 49.0 Å². The lowest BCUT2D eigenvalue weighted by molar-refractivity contribution is -0.0453. The van der Waals surface area contributed by atoms with E-state index in [1.165, 1.54) is 11.1 Å². The summed E-state index contributed by atoms with van der Waals surface area (Å²) in [7, 11) is 3.91. The molecular formula is C18H21NO3. The number of aliphatic hydroxyl groups is 1. The largest absolute Gasteiger partial charge is 0.493 e. The molecule has 4 nitrogen and oxygen atoms in total. The first-order valence-electron chi connectivity index (χ1n) is 8.10. The first kappa shape index (κ1) is 13.0. The first-order valence-corrected chi connectivity index (χ1v) is 8.10. The summed E-state index contributed by atoms with van der Waals surface area (Å²) in [6.45, 7) is 1.05. The van der Waals surface area contributed by atoms with Crippen LogP contribution < -0.4 is 9.47 Å². The van der Waals surface area contributed by atoms with Crippen LogP contribution >= 0.6 is 0 Å². The minimum Gasteiger partial charge on any atom is -0.493 e. The zero-order valence-corrected chi connectivity index (χ0v) is 13.0. The smallest absolute Gasteiger partial charge is 0.165 e. The molecular weight excluding hydrogens is 278 g/mol. The van der Waals surface area contributed by atoms with Gasteiger partial charge in [0.15, 0.2) is 11.5 Å². The molecule has 5 rings (SSSR count). The molecule has 5 atom stereocenters. The minimum absolute atomic E-state index is 0.0806. The first-order chi connectivity index (χ1) is 10.7. The number of hydrogen-bond acceptors (Lipinski definition) is 4. The van der Waals surface area contributed by atoms with E-state index in [1.54, 1.807) is 7.11 Å². The van der Waals surface area contributed by atoms with Crippen LogP contribution in [0, 0.1) is 5.92 Å². The normalized spacial score (nSPS) is 41.0. The van der Waals surface area contributed by atoms with Gasteiger partial charge in [-0.1, -0.05) is 18.2 Å². The Balaban J connectivity index is 1.82. The third-order valence-corrected chi connectivity index (χ3v) is 6.35. The van der Waals surface area contributed by atoms with Crippen LogP contribution in [-0.2, 0) is 11.8 Å². The summed E-state index contributed by atoms with van der Waals surface area (Å²) < 4.78 is 11.8. The molecule has 1 aromatic carbocycles. The van der Waals surface area contributed by atoms with Gasteiger partial charge < -0.3 is 19.5 Å². The molecule has 4 heteroatoms. The maximum Gasteiger partial charge on any atom is 0.165 e. The predicted molar refractivity (Wildman–Crippen MR) is 82.5 cm³/mol. The molecule has 1 N–H and O–H groups in total. The number of benzene rings is 1. The second-order valence-electron chi connectivity index (χ2n) is 7.11. The van der Waals surface area contributed by atoms with E-state index in [4.69, 9.17) is 9.47 Å². The number of aliphatic hydroxyl groups excluding tert-OH is 1. The van der Waals surface area contributed by atoms with Gasteiger partial charge in [0.05, 0.1) is 7.11 Å². The molecule has 2 heterocycles. The van der Waals surface area contributed by atoms with Crippen LogP contribution in [0.2, 0.25) is 0 Å². The van der Waals surface area contributed by atoms with Crippen molar-refractivity contribution in [3.63, 3.8) is 0 Å². The van der Waals surface area contributed by atoms with E-state index in [1.807, 2.05) is 12.1 Å². The van der Waals surface area contributed by atoms with Crippen LogP contribution in [0.4, 0.5) is 0 Å². The summed E-state index contributed by atoms with van der Waals surface area (Å²) in [6.07, 6.45) is 5.54. The number of hydrogen-bond donors (Lipinski definition) is 1. The molecule has 2 bridgehead atoms. The van der Waals surface area contributed by atoms with E-state index >= 15 is 0 Å². The highest BCUT2D eigenvalue weighted by Gasteiger charge is 2.64. The highest BCUT2D eigenvalue weighted by atomic mass is 16.5. The van der Waals surface area contributed by atoms with Gasteiger partial charge in [0.25, 0.3) is 0 Å². The molecule has 22 heavy (non-hydrogen) atoms. The highest BCUT2D eigenvalue weighted by molar-refractivity contribution is 5.62. The van der Waals surface area contributed by atoms with Crippen molar-refractivity contribution in [1.82, 2.24) is 4.90 Å². The minimum atomic E-state index is -0.539. The van der Waals surface area contributed by atoms with Gasteiger partial charge in [-0.3, -0.25) is 0 Å². The molecule has 1 fully saturated rings. The van der Waals surface area contributed by atoms with Crippen LogP contribution in [0.3, 0.4) is 0 Å².